The van der Waals surface area contributed by atoms with Gasteiger partial charge in [0.15, 0.2) is 11.8 Å². The second kappa shape index (κ2) is 12.0. The van der Waals surface area contributed by atoms with Gasteiger partial charge in [0.2, 0.25) is 0 Å². The lowest BCUT2D eigenvalue weighted by Gasteiger charge is -2.45. The number of guanidine groups is 1. The van der Waals surface area contributed by atoms with E-state index >= 15 is 0 Å². The van der Waals surface area contributed by atoms with Gasteiger partial charge in [-0.1, -0.05) is 19.3 Å². The van der Waals surface area contributed by atoms with E-state index in [0.717, 1.165) is 70.1 Å². The third kappa shape index (κ3) is 6.70. The highest BCUT2D eigenvalue weighted by Crippen LogP contribution is 2.42. The van der Waals surface area contributed by atoms with Gasteiger partial charge in [-0.3, -0.25) is 4.90 Å². The molecule has 4 rings (SSSR count). The smallest absolute Gasteiger partial charge is 0.194 e. The summed E-state index contributed by atoms with van der Waals surface area (Å²) < 4.78 is 7.93. The molecular weight excluding hydrogens is 525 g/mol. The Morgan fingerprint density at radius 2 is 1.94 bits per heavy atom. The average molecular weight is 564 g/mol. The van der Waals surface area contributed by atoms with Crippen molar-refractivity contribution in [1.82, 2.24) is 29.9 Å². The maximum atomic E-state index is 5.48. The molecular formula is C21H38IN7OS. The highest BCUT2D eigenvalue weighted by atomic mass is 127. The lowest BCUT2D eigenvalue weighted by atomic mass is 9.87. The first kappa shape index (κ1) is 25.0. The molecule has 176 valence electrons. The zero-order chi connectivity index (χ0) is 20.8. The molecule has 8 nitrogen and oxygen atoms in total. The number of thioether (sulfide) groups is 1. The summed E-state index contributed by atoms with van der Waals surface area (Å²) in [5.41, 5.74) is 0. The van der Waals surface area contributed by atoms with Gasteiger partial charge in [-0.2, -0.15) is 11.8 Å². The van der Waals surface area contributed by atoms with E-state index in [1.165, 1.54) is 37.9 Å². The Morgan fingerprint density at radius 1 is 1.16 bits per heavy atom. The lowest BCUT2D eigenvalue weighted by molar-refractivity contribution is 0.0388. The Labute approximate surface area is 208 Å². The highest BCUT2D eigenvalue weighted by molar-refractivity contribution is 14.0. The second-order valence-corrected chi connectivity index (χ2v) is 10.3. The van der Waals surface area contributed by atoms with Gasteiger partial charge in [-0.05, 0) is 19.8 Å². The average Bonchev–Trinajstić information content (AvgIpc) is 3.09. The summed E-state index contributed by atoms with van der Waals surface area (Å²) in [6, 6.07) is 0. The van der Waals surface area contributed by atoms with E-state index in [2.05, 4.69) is 37.1 Å². The Bertz CT molecular complexity index is 711. The zero-order valence-electron chi connectivity index (χ0n) is 19.0. The SMILES string of the molecule is Cc1nnc(CN=C(NCCN2CCOCC2)N2CCSC3(CCCCC3)C2)n1C.I. The van der Waals surface area contributed by atoms with E-state index in [-0.39, 0.29) is 24.0 Å². The number of hydrogen-bond acceptors (Lipinski definition) is 6. The van der Waals surface area contributed by atoms with Gasteiger partial charge in [-0.15, -0.1) is 34.2 Å². The summed E-state index contributed by atoms with van der Waals surface area (Å²) in [4.78, 5) is 9.98. The van der Waals surface area contributed by atoms with Crippen LogP contribution >= 0.6 is 35.7 Å². The molecule has 0 unspecified atom stereocenters. The number of aryl methyl sites for hydroxylation is 1. The maximum absolute atomic E-state index is 5.48. The van der Waals surface area contributed by atoms with Crippen molar-refractivity contribution >= 4 is 41.7 Å². The number of morpholine rings is 1. The van der Waals surface area contributed by atoms with Crippen LogP contribution in [0, 0.1) is 6.92 Å². The van der Waals surface area contributed by atoms with Crippen LogP contribution in [0.5, 0.6) is 0 Å². The number of ether oxygens (including phenoxy) is 1. The molecule has 0 radical (unpaired) electrons. The number of aliphatic imine (C=N–C) groups is 1. The number of nitrogens with zero attached hydrogens (tertiary/aromatic N) is 6. The van der Waals surface area contributed by atoms with E-state index in [0.29, 0.717) is 11.3 Å². The monoisotopic (exact) mass is 563 g/mol. The molecule has 1 aromatic heterocycles. The van der Waals surface area contributed by atoms with Crippen LogP contribution in [0.3, 0.4) is 0 Å². The number of halogens is 1. The molecule has 3 fully saturated rings. The summed E-state index contributed by atoms with van der Waals surface area (Å²) in [6.07, 6.45) is 6.83. The van der Waals surface area contributed by atoms with Crippen molar-refractivity contribution in [3.8, 4) is 0 Å². The topological polar surface area (TPSA) is 70.8 Å². The van der Waals surface area contributed by atoms with Crippen molar-refractivity contribution in [2.75, 3.05) is 58.2 Å². The Balaban J connectivity index is 0.00000272. The largest absolute Gasteiger partial charge is 0.379 e. The standard InChI is InChI=1S/C21H37N7OS.HI/c1-18-24-25-19(26(18)2)16-23-20(22-8-9-27-10-13-29-14-11-27)28-12-15-30-21(17-28)6-4-3-5-7-21;/h3-17H2,1-2H3,(H,22,23);1H. The van der Waals surface area contributed by atoms with Crippen molar-refractivity contribution < 1.29 is 4.74 Å². The highest BCUT2D eigenvalue weighted by Gasteiger charge is 2.38. The second-order valence-electron chi connectivity index (χ2n) is 8.76. The summed E-state index contributed by atoms with van der Waals surface area (Å²) in [5.74, 6) is 4.07. The Hall–Kier alpha value is -0.590. The predicted octanol–water partition coefficient (Wildman–Crippen LogP) is 2.27. The van der Waals surface area contributed by atoms with Crippen LogP contribution in [0.4, 0.5) is 0 Å². The summed E-state index contributed by atoms with van der Waals surface area (Å²) in [7, 11) is 2.01. The summed E-state index contributed by atoms with van der Waals surface area (Å²) >= 11 is 2.20. The van der Waals surface area contributed by atoms with E-state index in [4.69, 9.17) is 9.73 Å². The maximum Gasteiger partial charge on any atom is 0.194 e. The third-order valence-corrected chi connectivity index (χ3v) is 8.22. The fourth-order valence-corrected chi connectivity index (χ4v) is 6.25. The number of rotatable bonds is 5. The first-order chi connectivity index (χ1) is 14.7. The van der Waals surface area contributed by atoms with Crippen molar-refractivity contribution in [2.45, 2.75) is 50.3 Å². The van der Waals surface area contributed by atoms with Crippen molar-refractivity contribution in [3.05, 3.63) is 11.6 Å². The van der Waals surface area contributed by atoms with Crippen LogP contribution in [0.2, 0.25) is 0 Å². The zero-order valence-corrected chi connectivity index (χ0v) is 22.2. The van der Waals surface area contributed by atoms with Gasteiger partial charge in [-0.25, -0.2) is 4.99 Å². The molecule has 2 saturated heterocycles. The van der Waals surface area contributed by atoms with Gasteiger partial charge >= 0.3 is 0 Å². The Morgan fingerprint density at radius 3 is 2.65 bits per heavy atom. The minimum Gasteiger partial charge on any atom is -0.379 e. The van der Waals surface area contributed by atoms with Gasteiger partial charge < -0.3 is 19.5 Å². The summed E-state index contributed by atoms with van der Waals surface area (Å²) in [6.45, 7) is 10.4. The quantitative estimate of drug-likeness (QED) is 0.335. The van der Waals surface area contributed by atoms with Crippen LogP contribution in [0.15, 0.2) is 4.99 Å². The fraction of sp³-hybridized carbons (Fsp3) is 0.857. The van der Waals surface area contributed by atoms with Gasteiger partial charge in [0.25, 0.3) is 0 Å². The van der Waals surface area contributed by atoms with Crippen molar-refractivity contribution in [3.63, 3.8) is 0 Å². The predicted molar refractivity (Wildman–Crippen MR) is 137 cm³/mol. The fourth-order valence-electron chi connectivity index (χ4n) is 4.68. The molecule has 0 aromatic carbocycles. The van der Waals surface area contributed by atoms with E-state index < -0.39 is 0 Å². The van der Waals surface area contributed by atoms with Crippen LogP contribution in [0.1, 0.15) is 43.8 Å². The van der Waals surface area contributed by atoms with Gasteiger partial charge in [0.1, 0.15) is 12.4 Å². The van der Waals surface area contributed by atoms with E-state index in [9.17, 15) is 0 Å². The van der Waals surface area contributed by atoms with Gasteiger partial charge in [0.05, 0.1) is 13.2 Å². The molecule has 2 aliphatic heterocycles. The number of aromatic nitrogens is 3. The Kier molecular flexibility index (Phi) is 9.72. The minimum absolute atomic E-state index is 0. The molecule has 0 amide bonds. The normalized spacial score (nSPS) is 22.4. The molecule has 3 aliphatic rings. The van der Waals surface area contributed by atoms with E-state index in [1.54, 1.807) is 0 Å². The molecule has 1 saturated carbocycles. The number of nitrogens with one attached hydrogen (secondary N) is 1. The van der Waals surface area contributed by atoms with Crippen LogP contribution in [-0.2, 0) is 18.3 Å². The molecule has 31 heavy (non-hydrogen) atoms. The van der Waals surface area contributed by atoms with Crippen LogP contribution in [0.25, 0.3) is 0 Å². The molecule has 1 N–H and O–H groups in total. The first-order valence-electron chi connectivity index (χ1n) is 11.5. The summed E-state index contributed by atoms with van der Waals surface area (Å²) in [5, 5.41) is 12.2. The molecule has 3 heterocycles. The number of hydrogen-bond donors (Lipinski definition) is 1. The van der Waals surface area contributed by atoms with Crippen LogP contribution < -0.4 is 5.32 Å². The van der Waals surface area contributed by atoms with Crippen LogP contribution in [-0.4, -0.2) is 93.5 Å². The molecule has 1 spiro atoms. The lowest BCUT2D eigenvalue weighted by Crippen LogP contribution is -2.54. The van der Waals surface area contributed by atoms with Crippen molar-refractivity contribution in [2.24, 2.45) is 12.0 Å². The van der Waals surface area contributed by atoms with E-state index in [1.807, 2.05) is 18.5 Å². The molecule has 0 bridgehead atoms. The third-order valence-electron chi connectivity index (χ3n) is 6.68. The molecule has 0 atom stereocenters. The molecule has 10 heteroatoms. The minimum atomic E-state index is 0. The molecule has 1 aliphatic carbocycles. The van der Waals surface area contributed by atoms with Crippen molar-refractivity contribution in [1.29, 1.82) is 0 Å². The molecule has 1 aromatic rings. The van der Waals surface area contributed by atoms with Gasteiger partial charge in [0, 0.05) is 56.8 Å². The first-order valence-corrected chi connectivity index (χ1v) is 12.5.